The number of para-hydroxylation sites is 1. The number of carbonyl (C=O) groups is 1. The van der Waals surface area contributed by atoms with Crippen molar-refractivity contribution in [1.82, 2.24) is 15.5 Å². The van der Waals surface area contributed by atoms with Crippen LogP contribution in [-0.2, 0) is 17.8 Å². The molecule has 0 aliphatic carbocycles. The van der Waals surface area contributed by atoms with E-state index in [4.69, 9.17) is 9.47 Å². The fourth-order valence-corrected chi connectivity index (χ4v) is 3.50. The summed E-state index contributed by atoms with van der Waals surface area (Å²) in [5.41, 5.74) is 0.961. The van der Waals surface area contributed by atoms with Gasteiger partial charge in [0, 0.05) is 37.5 Å². The third-order valence-electron chi connectivity index (χ3n) is 4.41. The van der Waals surface area contributed by atoms with Gasteiger partial charge in [0.1, 0.15) is 0 Å². The zero-order valence-electron chi connectivity index (χ0n) is 16.9. The van der Waals surface area contributed by atoms with Gasteiger partial charge in [-0.05, 0) is 23.9 Å². The van der Waals surface area contributed by atoms with Crippen molar-refractivity contribution in [2.24, 2.45) is 4.99 Å². The number of nitrogens with one attached hydrogen (secondary N) is 2. The van der Waals surface area contributed by atoms with Crippen molar-refractivity contribution in [3.8, 4) is 11.5 Å². The molecule has 0 fully saturated rings. The molecule has 0 saturated carbocycles. The van der Waals surface area contributed by atoms with E-state index < -0.39 is 0 Å². The Labute approximate surface area is 175 Å². The van der Waals surface area contributed by atoms with E-state index in [9.17, 15) is 4.79 Å². The Balaban J connectivity index is 1.67. The summed E-state index contributed by atoms with van der Waals surface area (Å²) in [5, 5.41) is 8.51. The van der Waals surface area contributed by atoms with Gasteiger partial charge >= 0.3 is 0 Å². The lowest BCUT2D eigenvalue weighted by Gasteiger charge is -2.15. The highest BCUT2D eigenvalue weighted by Gasteiger charge is 2.14. The molecule has 7 nitrogen and oxygen atoms in total. The first-order valence-electron chi connectivity index (χ1n) is 9.75. The van der Waals surface area contributed by atoms with Crippen LogP contribution in [0.3, 0.4) is 0 Å². The smallest absolute Gasteiger partial charge is 0.241 e. The van der Waals surface area contributed by atoms with E-state index in [1.807, 2.05) is 24.3 Å². The molecule has 2 aromatic rings. The molecule has 1 aliphatic rings. The van der Waals surface area contributed by atoms with Gasteiger partial charge in [-0.15, -0.1) is 11.3 Å². The molecule has 1 aromatic heterocycles. The lowest BCUT2D eigenvalue weighted by molar-refractivity contribution is -0.127. The number of nitrogens with zero attached hydrogens (tertiary/aromatic N) is 2. The first-order chi connectivity index (χ1) is 14.1. The summed E-state index contributed by atoms with van der Waals surface area (Å²) in [6.45, 7) is 2.63. The maximum atomic E-state index is 12.0. The van der Waals surface area contributed by atoms with Crippen LogP contribution in [0.15, 0.2) is 40.7 Å². The van der Waals surface area contributed by atoms with E-state index in [0.717, 1.165) is 36.4 Å². The van der Waals surface area contributed by atoms with E-state index in [0.29, 0.717) is 25.7 Å². The predicted molar refractivity (Wildman–Crippen MR) is 116 cm³/mol. The first-order valence-corrected chi connectivity index (χ1v) is 10.6. The zero-order valence-corrected chi connectivity index (χ0v) is 17.8. The number of likely N-dealkylation sites (N-methyl/N-ethyl adjacent to an activating group) is 1. The highest BCUT2D eigenvalue weighted by molar-refractivity contribution is 7.09. The molecule has 0 spiro atoms. The SMILES string of the molecule is CN(C)C(=O)CNC(=NCc1cccc2c1OCCCO2)NCCc1cccs1. The zero-order chi connectivity index (χ0) is 20.5. The molecule has 1 aliphatic heterocycles. The summed E-state index contributed by atoms with van der Waals surface area (Å²) in [6, 6.07) is 10.0. The Morgan fingerprint density at radius 3 is 2.83 bits per heavy atom. The maximum Gasteiger partial charge on any atom is 0.241 e. The van der Waals surface area contributed by atoms with Gasteiger partial charge in [-0.1, -0.05) is 18.2 Å². The molecule has 8 heteroatoms. The predicted octanol–water partition coefficient (Wildman–Crippen LogP) is 2.28. The summed E-state index contributed by atoms with van der Waals surface area (Å²) >= 11 is 1.73. The van der Waals surface area contributed by atoms with Gasteiger partial charge in [0.25, 0.3) is 0 Å². The quantitative estimate of drug-likeness (QED) is 0.535. The number of amides is 1. The molecule has 2 heterocycles. The van der Waals surface area contributed by atoms with Crippen LogP contribution in [0.1, 0.15) is 16.9 Å². The standard InChI is InChI=1S/C21H28N4O3S/c1-25(2)19(26)15-24-21(22-10-9-17-7-4-13-29-17)23-14-16-6-3-8-18-20(16)28-12-5-11-27-18/h3-4,6-8,13H,5,9-12,14-15H2,1-2H3,(H2,22,23,24). The number of hydrogen-bond acceptors (Lipinski definition) is 5. The van der Waals surface area contributed by atoms with Gasteiger partial charge in [0.15, 0.2) is 17.5 Å². The summed E-state index contributed by atoms with van der Waals surface area (Å²) in [6.07, 6.45) is 1.76. The van der Waals surface area contributed by atoms with Crippen molar-refractivity contribution in [3.63, 3.8) is 0 Å². The Kier molecular flexibility index (Phi) is 7.75. The largest absolute Gasteiger partial charge is 0.490 e. The summed E-state index contributed by atoms with van der Waals surface area (Å²) < 4.78 is 11.6. The van der Waals surface area contributed by atoms with Crippen LogP contribution in [-0.4, -0.2) is 57.2 Å². The molecule has 1 amide bonds. The van der Waals surface area contributed by atoms with E-state index in [1.54, 1.807) is 30.3 Å². The minimum absolute atomic E-state index is 0.0110. The number of benzene rings is 1. The number of carbonyl (C=O) groups excluding carboxylic acids is 1. The molecule has 0 saturated heterocycles. The fraction of sp³-hybridized carbons (Fsp3) is 0.429. The van der Waals surface area contributed by atoms with Crippen LogP contribution < -0.4 is 20.1 Å². The second-order valence-corrected chi connectivity index (χ2v) is 7.89. The Morgan fingerprint density at radius 2 is 2.03 bits per heavy atom. The van der Waals surface area contributed by atoms with E-state index in [2.05, 4.69) is 27.1 Å². The number of rotatable bonds is 7. The molecular formula is C21H28N4O3S. The maximum absolute atomic E-state index is 12.0. The van der Waals surface area contributed by atoms with Crippen LogP contribution in [0.25, 0.3) is 0 Å². The summed E-state index contributed by atoms with van der Waals surface area (Å²) in [5.74, 6) is 2.11. The summed E-state index contributed by atoms with van der Waals surface area (Å²) in [7, 11) is 3.48. The Morgan fingerprint density at radius 1 is 1.17 bits per heavy atom. The lowest BCUT2D eigenvalue weighted by atomic mass is 10.2. The van der Waals surface area contributed by atoms with Gasteiger partial charge in [0.2, 0.25) is 5.91 Å². The Bertz CT molecular complexity index is 821. The number of aliphatic imine (C=N–C) groups is 1. The number of guanidine groups is 1. The molecule has 156 valence electrons. The lowest BCUT2D eigenvalue weighted by Crippen LogP contribution is -2.43. The van der Waals surface area contributed by atoms with E-state index in [-0.39, 0.29) is 12.5 Å². The topological polar surface area (TPSA) is 75.2 Å². The number of fused-ring (bicyclic) bond motifs is 1. The van der Waals surface area contributed by atoms with E-state index in [1.165, 1.54) is 4.88 Å². The van der Waals surface area contributed by atoms with E-state index >= 15 is 0 Å². The average Bonchev–Trinajstić information content (AvgIpc) is 3.11. The van der Waals surface area contributed by atoms with Crippen LogP contribution >= 0.6 is 11.3 Å². The van der Waals surface area contributed by atoms with Gasteiger partial charge in [-0.2, -0.15) is 0 Å². The summed E-state index contributed by atoms with van der Waals surface area (Å²) in [4.78, 5) is 19.5. The molecule has 2 N–H and O–H groups in total. The van der Waals surface area contributed by atoms with Crippen molar-refractivity contribution in [2.45, 2.75) is 19.4 Å². The third-order valence-corrected chi connectivity index (χ3v) is 5.35. The fourth-order valence-electron chi connectivity index (χ4n) is 2.79. The van der Waals surface area contributed by atoms with Crippen LogP contribution in [0.5, 0.6) is 11.5 Å². The molecule has 1 aromatic carbocycles. The van der Waals surface area contributed by atoms with Crippen LogP contribution in [0, 0.1) is 0 Å². The molecule has 0 unspecified atom stereocenters. The average molecular weight is 417 g/mol. The monoisotopic (exact) mass is 416 g/mol. The third kappa shape index (κ3) is 6.39. The highest BCUT2D eigenvalue weighted by atomic mass is 32.1. The van der Waals surface area contributed by atoms with Crippen LogP contribution in [0.2, 0.25) is 0 Å². The minimum Gasteiger partial charge on any atom is -0.490 e. The number of ether oxygens (including phenoxy) is 2. The van der Waals surface area contributed by atoms with Crippen LogP contribution in [0.4, 0.5) is 0 Å². The van der Waals surface area contributed by atoms with Gasteiger partial charge in [-0.25, -0.2) is 4.99 Å². The molecule has 0 atom stereocenters. The molecular weight excluding hydrogens is 388 g/mol. The molecule has 0 bridgehead atoms. The minimum atomic E-state index is -0.0110. The van der Waals surface area contributed by atoms with Crippen molar-refractivity contribution in [1.29, 1.82) is 0 Å². The normalized spacial score (nSPS) is 13.5. The highest BCUT2D eigenvalue weighted by Crippen LogP contribution is 2.33. The second-order valence-electron chi connectivity index (χ2n) is 6.86. The number of thiophene rings is 1. The second kappa shape index (κ2) is 10.7. The van der Waals surface area contributed by atoms with Crippen molar-refractivity contribution in [3.05, 3.63) is 46.2 Å². The van der Waals surface area contributed by atoms with Crippen molar-refractivity contribution in [2.75, 3.05) is 40.4 Å². The van der Waals surface area contributed by atoms with Crippen molar-refractivity contribution < 1.29 is 14.3 Å². The van der Waals surface area contributed by atoms with Gasteiger partial charge in [-0.3, -0.25) is 4.79 Å². The molecule has 29 heavy (non-hydrogen) atoms. The van der Waals surface area contributed by atoms with Crippen molar-refractivity contribution >= 4 is 23.2 Å². The van der Waals surface area contributed by atoms with Gasteiger partial charge in [0.05, 0.1) is 26.3 Å². The first kappa shape index (κ1) is 21.0. The number of hydrogen-bond donors (Lipinski definition) is 2. The Hall–Kier alpha value is -2.74. The van der Waals surface area contributed by atoms with Gasteiger partial charge < -0.3 is 25.0 Å². The molecule has 0 radical (unpaired) electrons. The molecule has 3 rings (SSSR count).